The van der Waals surface area contributed by atoms with Gasteiger partial charge in [-0.1, -0.05) is 12.1 Å². The lowest BCUT2D eigenvalue weighted by Gasteiger charge is -2.46. The molecule has 1 saturated heterocycles. The Morgan fingerprint density at radius 1 is 1.16 bits per heavy atom. The van der Waals surface area contributed by atoms with Crippen LogP contribution in [0.1, 0.15) is 63.7 Å². The summed E-state index contributed by atoms with van der Waals surface area (Å²) in [5, 5.41) is 27.2. The van der Waals surface area contributed by atoms with Gasteiger partial charge >= 0.3 is 0 Å². The molecule has 1 aromatic carbocycles. The molecular weight excluding hydrogens is 400 g/mol. The fourth-order valence-electron chi connectivity index (χ4n) is 4.18. The maximum absolute atomic E-state index is 13.6. The van der Waals surface area contributed by atoms with Gasteiger partial charge in [-0.25, -0.2) is 8.78 Å². The molecule has 0 atom stereocenters. The first-order chi connectivity index (χ1) is 14.4. The number of benzene rings is 1. The lowest BCUT2D eigenvalue weighted by Crippen LogP contribution is -2.59. The molecule has 0 unspecified atom stereocenters. The van der Waals surface area contributed by atoms with Crippen LogP contribution in [0.5, 0.6) is 0 Å². The minimum absolute atomic E-state index is 0.0493. The number of alkyl halides is 2. The Balaban J connectivity index is 2.15. The summed E-state index contributed by atoms with van der Waals surface area (Å²) >= 11 is 0. The molecule has 0 spiro atoms. The zero-order valence-corrected chi connectivity index (χ0v) is 18.4. The van der Waals surface area contributed by atoms with Gasteiger partial charge in [0.05, 0.1) is 5.71 Å². The molecule has 0 amide bonds. The molecular formula is C23H31F2N5O. The van der Waals surface area contributed by atoms with E-state index in [0.717, 1.165) is 19.1 Å². The molecule has 31 heavy (non-hydrogen) atoms. The van der Waals surface area contributed by atoms with E-state index >= 15 is 0 Å². The maximum atomic E-state index is 13.6. The molecule has 6 nitrogen and oxygen atoms in total. The molecule has 0 saturated carbocycles. The molecule has 1 aromatic rings. The van der Waals surface area contributed by atoms with E-state index in [9.17, 15) is 8.78 Å². The SMILES string of the molecule is CC1(C)CC(OC(=N)/C=C\C(=N)c2ccc(/C(C=N)=C/N)cc2C(F)F)CC(C)(C)N1. The molecule has 8 heteroatoms. The molecule has 2 rings (SSSR count). The van der Waals surface area contributed by atoms with E-state index in [0.29, 0.717) is 11.1 Å². The van der Waals surface area contributed by atoms with Gasteiger partial charge in [-0.15, -0.1) is 0 Å². The van der Waals surface area contributed by atoms with E-state index in [2.05, 4.69) is 33.0 Å². The summed E-state index contributed by atoms with van der Waals surface area (Å²) < 4.78 is 33.0. The van der Waals surface area contributed by atoms with Crippen molar-refractivity contribution in [2.75, 3.05) is 0 Å². The Morgan fingerprint density at radius 3 is 2.29 bits per heavy atom. The maximum Gasteiger partial charge on any atom is 0.264 e. The van der Waals surface area contributed by atoms with E-state index in [1.807, 2.05) is 0 Å². The Labute approximate surface area is 182 Å². The van der Waals surface area contributed by atoms with Crippen LogP contribution in [0.3, 0.4) is 0 Å². The Hall–Kier alpha value is -2.87. The van der Waals surface area contributed by atoms with E-state index in [4.69, 9.17) is 26.7 Å². The Morgan fingerprint density at radius 2 is 1.77 bits per heavy atom. The molecule has 0 aliphatic carbocycles. The number of halogens is 2. The number of piperidine rings is 1. The van der Waals surface area contributed by atoms with Crippen molar-refractivity contribution >= 4 is 23.4 Å². The normalized spacial score (nSPS) is 18.9. The standard InChI is InChI=1S/C23H31F2N5O/c1-22(2)10-16(11-23(3,4)30-22)31-20(29)8-7-19(28)17-6-5-14(15(12-26)13-27)9-18(17)21(24)25/h5-9,12-13,16,21,26,28-30H,10-11,27H2,1-4H3/b8-7-,15-13+,26-12?,28-19?,29-20?. The van der Waals surface area contributed by atoms with Gasteiger partial charge < -0.3 is 26.6 Å². The molecule has 0 radical (unpaired) electrons. The third-order valence-corrected chi connectivity index (χ3v) is 5.09. The molecule has 1 aliphatic heterocycles. The average Bonchev–Trinajstić information content (AvgIpc) is 2.64. The van der Waals surface area contributed by atoms with Gasteiger partial charge in [0.15, 0.2) is 0 Å². The molecule has 1 aliphatic rings. The van der Waals surface area contributed by atoms with Crippen molar-refractivity contribution in [1.82, 2.24) is 5.32 Å². The fraction of sp³-hybridized carbons (Fsp3) is 0.435. The summed E-state index contributed by atoms with van der Waals surface area (Å²) in [6, 6.07) is 4.17. The topological polar surface area (TPSA) is 119 Å². The minimum atomic E-state index is -2.80. The van der Waals surface area contributed by atoms with Crippen molar-refractivity contribution in [3.63, 3.8) is 0 Å². The number of nitrogens with one attached hydrogen (secondary N) is 4. The third kappa shape index (κ3) is 6.55. The number of rotatable bonds is 7. The van der Waals surface area contributed by atoms with E-state index in [-0.39, 0.29) is 39.9 Å². The predicted molar refractivity (Wildman–Crippen MR) is 121 cm³/mol. The smallest absolute Gasteiger partial charge is 0.264 e. The summed E-state index contributed by atoms with van der Waals surface area (Å²) in [5.41, 5.74) is 5.41. The lowest BCUT2D eigenvalue weighted by molar-refractivity contribution is 0.0485. The molecule has 0 bridgehead atoms. The summed E-state index contributed by atoms with van der Waals surface area (Å²) in [4.78, 5) is 0. The number of hydrogen-bond donors (Lipinski definition) is 5. The Bertz CT molecular complexity index is 903. The molecule has 0 aromatic heterocycles. The number of allylic oxidation sites excluding steroid dienone is 2. The van der Waals surface area contributed by atoms with Crippen molar-refractivity contribution in [3.05, 3.63) is 53.2 Å². The fourth-order valence-corrected chi connectivity index (χ4v) is 4.18. The summed E-state index contributed by atoms with van der Waals surface area (Å²) in [5.74, 6) is -0.115. The lowest BCUT2D eigenvalue weighted by atomic mass is 9.81. The van der Waals surface area contributed by atoms with Gasteiger partial charge in [0.2, 0.25) is 5.90 Å². The van der Waals surface area contributed by atoms with Crippen LogP contribution in [-0.4, -0.2) is 35.0 Å². The average molecular weight is 432 g/mol. The molecule has 6 N–H and O–H groups in total. The third-order valence-electron chi connectivity index (χ3n) is 5.09. The predicted octanol–water partition coefficient (Wildman–Crippen LogP) is 4.80. The van der Waals surface area contributed by atoms with E-state index < -0.39 is 6.43 Å². The van der Waals surface area contributed by atoms with Crippen LogP contribution < -0.4 is 11.1 Å². The highest BCUT2D eigenvalue weighted by molar-refractivity contribution is 6.11. The van der Waals surface area contributed by atoms with Crippen LogP contribution in [0.2, 0.25) is 0 Å². The van der Waals surface area contributed by atoms with Crippen LogP contribution in [0.15, 0.2) is 36.6 Å². The van der Waals surface area contributed by atoms with Crippen LogP contribution in [-0.2, 0) is 4.74 Å². The van der Waals surface area contributed by atoms with Gasteiger partial charge in [-0.3, -0.25) is 5.41 Å². The quantitative estimate of drug-likeness (QED) is 0.315. The van der Waals surface area contributed by atoms with Gasteiger partial charge in [0.25, 0.3) is 6.43 Å². The van der Waals surface area contributed by atoms with Crippen molar-refractivity contribution in [2.24, 2.45) is 5.73 Å². The second-order valence-electron chi connectivity index (χ2n) is 9.02. The van der Waals surface area contributed by atoms with Crippen LogP contribution in [0.4, 0.5) is 8.78 Å². The first-order valence-corrected chi connectivity index (χ1v) is 10.0. The number of ether oxygens (including phenoxy) is 1. The Kier molecular flexibility index (Phi) is 7.49. The highest BCUT2D eigenvalue weighted by atomic mass is 19.3. The highest BCUT2D eigenvalue weighted by Crippen LogP contribution is 2.30. The zero-order chi connectivity index (χ0) is 23.4. The van der Waals surface area contributed by atoms with Gasteiger partial charge in [0, 0.05) is 59.1 Å². The highest BCUT2D eigenvalue weighted by Gasteiger charge is 2.38. The second kappa shape index (κ2) is 9.51. The molecule has 1 heterocycles. The van der Waals surface area contributed by atoms with Gasteiger partial charge in [0.1, 0.15) is 6.10 Å². The number of hydrogen-bond acceptors (Lipinski definition) is 6. The summed E-state index contributed by atoms with van der Waals surface area (Å²) in [7, 11) is 0. The van der Waals surface area contributed by atoms with Crippen molar-refractivity contribution < 1.29 is 13.5 Å². The van der Waals surface area contributed by atoms with Crippen molar-refractivity contribution in [3.8, 4) is 0 Å². The van der Waals surface area contributed by atoms with Crippen molar-refractivity contribution in [2.45, 2.75) is 64.1 Å². The first kappa shape index (κ1) is 24.4. The summed E-state index contributed by atoms with van der Waals surface area (Å²) in [6.45, 7) is 8.33. The first-order valence-electron chi connectivity index (χ1n) is 10.0. The minimum Gasteiger partial charge on any atom is -0.475 e. The van der Waals surface area contributed by atoms with Crippen LogP contribution in [0.25, 0.3) is 5.57 Å². The van der Waals surface area contributed by atoms with E-state index in [1.54, 1.807) is 0 Å². The van der Waals surface area contributed by atoms with Crippen LogP contribution >= 0.6 is 0 Å². The van der Waals surface area contributed by atoms with Crippen LogP contribution in [0, 0.1) is 16.2 Å². The monoisotopic (exact) mass is 431 g/mol. The van der Waals surface area contributed by atoms with Crippen molar-refractivity contribution in [1.29, 1.82) is 16.2 Å². The van der Waals surface area contributed by atoms with Gasteiger partial charge in [-0.05, 0) is 45.4 Å². The van der Waals surface area contributed by atoms with E-state index in [1.165, 1.54) is 36.6 Å². The van der Waals surface area contributed by atoms with Gasteiger partial charge in [-0.2, -0.15) is 0 Å². The largest absolute Gasteiger partial charge is 0.475 e. The zero-order valence-electron chi connectivity index (χ0n) is 18.4. The molecule has 168 valence electrons. The summed E-state index contributed by atoms with van der Waals surface area (Å²) in [6.07, 6.45) is 3.25. The second-order valence-corrected chi connectivity index (χ2v) is 9.02. The number of nitrogens with two attached hydrogens (primary N) is 1. The molecule has 1 fully saturated rings.